The highest BCUT2D eigenvalue weighted by molar-refractivity contribution is 5.35. The van der Waals surface area contributed by atoms with Gasteiger partial charge in [0, 0.05) is 30.9 Å². The molecule has 0 bridgehead atoms. The third-order valence-electron chi connectivity index (χ3n) is 3.87. The number of nitrogens with zero attached hydrogens (tertiary/aromatic N) is 1. The molecule has 2 heteroatoms. The molecule has 1 aliphatic rings. The van der Waals surface area contributed by atoms with Crippen LogP contribution in [0.1, 0.15) is 48.1 Å². The zero-order valence-corrected chi connectivity index (χ0v) is 11.4. The molecule has 1 aromatic carbocycles. The van der Waals surface area contributed by atoms with Crippen LogP contribution in [0, 0.1) is 0 Å². The van der Waals surface area contributed by atoms with Gasteiger partial charge < -0.3 is 5.32 Å². The Morgan fingerprint density at radius 1 is 1.16 bits per heavy atom. The first-order chi connectivity index (χ1) is 9.38. The van der Waals surface area contributed by atoms with Gasteiger partial charge in [-0.3, -0.25) is 4.98 Å². The minimum atomic E-state index is 0.428. The van der Waals surface area contributed by atoms with Gasteiger partial charge in [-0.05, 0) is 29.2 Å². The normalized spacial score (nSPS) is 15.2. The van der Waals surface area contributed by atoms with Gasteiger partial charge in [0.05, 0.1) is 0 Å². The van der Waals surface area contributed by atoms with E-state index >= 15 is 0 Å². The largest absolute Gasteiger partial charge is 0.309 e. The molecule has 0 saturated carbocycles. The van der Waals surface area contributed by atoms with Crippen molar-refractivity contribution in [3.05, 3.63) is 65.0 Å². The van der Waals surface area contributed by atoms with Gasteiger partial charge in [0.2, 0.25) is 0 Å². The van der Waals surface area contributed by atoms with Crippen molar-refractivity contribution in [2.75, 3.05) is 0 Å². The maximum atomic E-state index is 4.71. The van der Waals surface area contributed by atoms with Crippen LogP contribution in [0.4, 0.5) is 0 Å². The molecule has 1 atom stereocenters. The third-order valence-corrected chi connectivity index (χ3v) is 3.87. The Hall–Kier alpha value is -1.67. The van der Waals surface area contributed by atoms with Crippen LogP contribution in [0.3, 0.4) is 0 Å². The first-order valence-corrected chi connectivity index (χ1v) is 7.12. The first-order valence-electron chi connectivity index (χ1n) is 7.12. The predicted molar refractivity (Wildman–Crippen MR) is 78.0 cm³/mol. The molecule has 19 heavy (non-hydrogen) atoms. The molecule has 1 unspecified atom stereocenters. The number of rotatable bonds is 4. The number of benzene rings is 1. The van der Waals surface area contributed by atoms with Gasteiger partial charge in [-0.25, -0.2) is 0 Å². The summed E-state index contributed by atoms with van der Waals surface area (Å²) >= 11 is 0. The summed E-state index contributed by atoms with van der Waals surface area (Å²) in [5.41, 5.74) is 5.37. The standard InChI is InChI=1S/C17H20N2/c1-2-6-16(13-7-4-3-5-8-13)17-9-14-10-18-11-15(14)12-19-17/h3-5,7-9,12,16,18H,2,6,10-11H2,1H3. The van der Waals surface area contributed by atoms with Gasteiger partial charge in [-0.1, -0.05) is 43.7 Å². The van der Waals surface area contributed by atoms with Crippen molar-refractivity contribution in [3.8, 4) is 0 Å². The summed E-state index contributed by atoms with van der Waals surface area (Å²) in [6.45, 7) is 4.19. The van der Waals surface area contributed by atoms with Crippen LogP contribution in [-0.2, 0) is 13.1 Å². The smallest absolute Gasteiger partial charge is 0.0481 e. The van der Waals surface area contributed by atoms with Crippen LogP contribution < -0.4 is 5.32 Å². The van der Waals surface area contributed by atoms with Crippen molar-refractivity contribution in [3.63, 3.8) is 0 Å². The van der Waals surface area contributed by atoms with Crippen LogP contribution in [0.25, 0.3) is 0 Å². The Morgan fingerprint density at radius 3 is 2.74 bits per heavy atom. The van der Waals surface area contributed by atoms with Gasteiger partial charge in [-0.15, -0.1) is 0 Å². The number of hydrogen-bond donors (Lipinski definition) is 1. The highest BCUT2D eigenvalue weighted by atomic mass is 14.9. The predicted octanol–water partition coefficient (Wildman–Crippen LogP) is 3.62. The lowest BCUT2D eigenvalue weighted by molar-refractivity contribution is 0.679. The van der Waals surface area contributed by atoms with Gasteiger partial charge in [-0.2, -0.15) is 0 Å². The monoisotopic (exact) mass is 252 g/mol. The number of pyridine rings is 1. The van der Waals surface area contributed by atoms with Crippen molar-refractivity contribution < 1.29 is 0 Å². The molecule has 0 aliphatic carbocycles. The minimum absolute atomic E-state index is 0.428. The van der Waals surface area contributed by atoms with Crippen molar-refractivity contribution in [1.82, 2.24) is 10.3 Å². The molecule has 0 fully saturated rings. The average molecular weight is 252 g/mol. The van der Waals surface area contributed by atoms with Crippen LogP contribution in [0.5, 0.6) is 0 Å². The summed E-state index contributed by atoms with van der Waals surface area (Å²) in [6, 6.07) is 13.0. The van der Waals surface area contributed by atoms with Crippen LogP contribution in [0.15, 0.2) is 42.6 Å². The third kappa shape index (κ3) is 2.54. The Labute approximate surface area is 114 Å². The highest BCUT2D eigenvalue weighted by Crippen LogP contribution is 2.29. The lowest BCUT2D eigenvalue weighted by Gasteiger charge is -2.17. The summed E-state index contributed by atoms with van der Waals surface area (Å²) in [4.78, 5) is 4.71. The lowest BCUT2D eigenvalue weighted by Crippen LogP contribution is -2.04. The van der Waals surface area contributed by atoms with Crippen molar-refractivity contribution in [2.45, 2.75) is 38.8 Å². The zero-order chi connectivity index (χ0) is 13.1. The molecular weight excluding hydrogens is 232 g/mol. The fourth-order valence-corrected chi connectivity index (χ4v) is 2.85. The average Bonchev–Trinajstić information content (AvgIpc) is 2.93. The van der Waals surface area contributed by atoms with E-state index in [1.165, 1.54) is 28.8 Å². The SMILES string of the molecule is CCCC(c1ccccc1)c1cc2c(cn1)CNC2. The number of hydrogen-bond acceptors (Lipinski definition) is 2. The van der Waals surface area contributed by atoms with E-state index in [0.717, 1.165) is 19.5 Å². The molecule has 0 amide bonds. The zero-order valence-electron chi connectivity index (χ0n) is 11.4. The highest BCUT2D eigenvalue weighted by Gasteiger charge is 2.18. The second-order valence-corrected chi connectivity index (χ2v) is 5.23. The Morgan fingerprint density at radius 2 is 1.95 bits per heavy atom. The molecule has 2 heterocycles. The maximum absolute atomic E-state index is 4.71. The van der Waals surface area contributed by atoms with E-state index in [1.54, 1.807) is 0 Å². The lowest BCUT2D eigenvalue weighted by atomic mass is 9.90. The van der Waals surface area contributed by atoms with Gasteiger partial charge >= 0.3 is 0 Å². The fourth-order valence-electron chi connectivity index (χ4n) is 2.85. The summed E-state index contributed by atoms with van der Waals surface area (Å²) in [5.74, 6) is 0.428. The fraction of sp³-hybridized carbons (Fsp3) is 0.353. The van der Waals surface area contributed by atoms with Crippen molar-refractivity contribution in [2.24, 2.45) is 0 Å². The first kappa shape index (κ1) is 12.4. The number of aromatic nitrogens is 1. The minimum Gasteiger partial charge on any atom is -0.309 e. The van der Waals surface area contributed by atoms with E-state index in [2.05, 4.69) is 54.8 Å². The summed E-state index contributed by atoms with van der Waals surface area (Å²) in [7, 11) is 0. The van der Waals surface area contributed by atoms with E-state index in [-0.39, 0.29) is 0 Å². The Balaban J connectivity index is 1.96. The molecule has 2 aromatic rings. The molecular formula is C17H20N2. The quantitative estimate of drug-likeness (QED) is 0.899. The Kier molecular flexibility index (Phi) is 3.60. The van der Waals surface area contributed by atoms with Crippen LogP contribution >= 0.6 is 0 Å². The molecule has 0 saturated heterocycles. The van der Waals surface area contributed by atoms with Crippen molar-refractivity contribution >= 4 is 0 Å². The van der Waals surface area contributed by atoms with Gasteiger partial charge in [0.1, 0.15) is 0 Å². The summed E-state index contributed by atoms with van der Waals surface area (Å²) in [6.07, 6.45) is 4.38. The Bertz CT molecular complexity index is 548. The molecule has 2 nitrogen and oxygen atoms in total. The summed E-state index contributed by atoms with van der Waals surface area (Å²) in [5, 5.41) is 3.39. The van der Waals surface area contributed by atoms with Crippen LogP contribution in [-0.4, -0.2) is 4.98 Å². The molecule has 1 aliphatic heterocycles. The van der Waals surface area contributed by atoms with E-state index < -0.39 is 0 Å². The molecule has 1 aromatic heterocycles. The molecule has 0 spiro atoms. The van der Waals surface area contributed by atoms with E-state index in [4.69, 9.17) is 4.98 Å². The molecule has 98 valence electrons. The van der Waals surface area contributed by atoms with Gasteiger partial charge in [0.15, 0.2) is 0 Å². The van der Waals surface area contributed by atoms with Gasteiger partial charge in [0.25, 0.3) is 0 Å². The topological polar surface area (TPSA) is 24.9 Å². The van der Waals surface area contributed by atoms with E-state index in [1.807, 2.05) is 0 Å². The molecule has 0 radical (unpaired) electrons. The molecule has 3 rings (SSSR count). The maximum Gasteiger partial charge on any atom is 0.0481 e. The van der Waals surface area contributed by atoms with E-state index in [9.17, 15) is 0 Å². The number of fused-ring (bicyclic) bond motifs is 1. The second kappa shape index (κ2) is 5.54. The second-order valence-electron chi connectivity index (χ2n) is 5.23. The summed E-state index contributed by atoms with van der Waals surface area (Å²) < 4.78 is 0. The van der Waals surface area contributed by atoms with Crippen molar-refractivity contribution in [1.29, 1.82) is 0 Å². The van der Waals surface area contributed by atoms with E-state index in [0.29, 0.717) is 5.92 Å². The number of nitrogens with one attached hydrogen (secondary N) is 1. The van der Waals surface area contributed by atoms with Crippen LogP contribution in [0.2, 0.25) is 0 Å². The molecule has 1 N–H and O–H groups in total.